The number of nitrogens with one attached hydrogen (secondary N) is 1. The minimum Gasteiger partial charge on any atom is -0.437 e. The van der Waals surface area contributed by atoms with Gasteiger partial charge in [-0.3, -0.25) is 0 Å². The topological polar surface area (TPSA) is 47.0 Å². The summed E-state index contributed by atoms with van der Waals surface area (Å²) in [6, 6.07) is 7.86. The summed E-state index contributed by atoms with van der Waals surface area (Å²) in [6.45, 7) is 4.82. The molecule has 0 radical (unpaired) electrons. The predicted octanol–water partition coefficient (Wildman–Crippen LogP) is 3.92. The van der Waals surface area contributed by atoms with Gasteiger partial charge in [-0.25, -0.2) is 4.98 Å². The molecule has 0 aliphatic rings. The van der Waals surface area contributed by atoms with Crippen LogP contribution < -0.4 is 10.1 Å². The van der Waals surface area contributed by atoms with E-state index in [2.05, 4.69) is 28.3 Å². The summed E-state index contributed by atoms with van der Waals surface area (Å²) >= 11 is 6.04. The van der Waals surface area contributed by atoms with Crippen LogP contribution in [0, 0.1) is 0 Å². The van der Waals surface area contributed by atoms with Crippen LogP contribution in [0.1, 0.15) is 19.4 Å². The average Bonchev–Trinajstić information content (AvgIpc) is 2.43. The SMILES string of the molecule is CCNc1ncc(Cl)c(Oc2cccc(CC)c2)n1. The smallest absolute Gasteiger partial charge is 0.243 e. The fourth-order valence-electron chi connectivity index (χ4n) is 1.61. The molecular formula is C14H16ClN3O. The van der Waals surface area contributed by atoms with Gasteiger partial charge in [-0.1, -0.05) is 30.7 Å². The zero-order chi connectivity index (χ0) is 13.7. The molecule has 0 unspecified atom stereocenters. The van der Waals surface area contributed by atoms with Gasteiger partial charge in [-0.15, -0.1) is 0 Å². The molecule has 0 atom stereocenters. The molecule has 0 spiro atoms. The number of nitrogens with zero attached hydrogens (tertiary/aromatic N) is 2. The van der Waals surface area contributed by atoms with Gasteiger partial charge in [-0.05, 0) is 31.0 Å². The number of rotatable bonds is 5. The molecule has 2 rings (SSSR count). The maximum atomic E-state index is 6.04. The van der Waals surface area contributed by atoms with Gasteiger partial charge in [0.05, 0.1) is 6.20 Å². The van der Waals surface area contributed by atoms with Crippen LogP contribution in [0.15, 0.2) is 30.5 Å². The highest BCUT2D eigenvalue weighted by Gasteiger charge is 2.08. The number of halogens is 1. The van der Waals surface area contributed by atoms with Crippen LogP contribution in [0.3, 0.4) is 0 Å². The van der Waals surface area contributed by atoms with Crippen LogP contribution in [-0.4, -0.2) is 16.5 Å². The molecule has 100 valence electrons. The first kappa shape index (κ1) is 13.6. The van der Waals surface area contributed by atoms with Crippen LogP contribution in [0.5, 0.6) is 11.6 Å². The molecule has 0 amide bonds. The summed E-state index contributed by atoms with van der Waals surface area (Å²) in [4.78, 5) is 8.31. The Morgan fingerprint density at radius 3 is 2.89 bits per heavy atom. The second-order valence-corrected chi connectivity index (χ2v) is 4.39. The number of anilines is 1. The maximum absolute atomic E-state index is 6.04. The minimum atomic E-state index is 0.362. The molecule has 19 heavy (non-hydrogen) atoms. The van der Waals surface area contributed by atoms with Crippen LogP contribution in [0.4, 0.5) is 5.95 Å². The maximum Gasteiger partial charge on any atom is 0.243 e. The number of hydrogen-bond acceptors (Lipinski definition) is 4. The summed E-state index contributed by atoms with van der Waals surface area (Å²) in [6.07, 6.45) is 2.49. The molecule has 5 heteroatoms. The molecule has 0 fully saturated rings. The highest BCUT2D eigenvalue weighted by Crippen LogP contribution is 2.27. The largest absolute Gasteiger partial charge is 0.437 e. The van der Waals surface area contributed by atoms with Gasteiger partial charge in [0, 0.05) is 6.54 Å². The number of aromatic nitrogens is 2. The fourth-order valence-corrected chi connectivity index (χ4v) is 1.74. The first-order valence-corrected chi connectivity index (χ1v) is 6.64. The minimum absolute atomic E-state index is 0.362. The lowest BCUT2D eigenvalue weighted by Gasteiger charge is -2.09. The molecule has 0 saturated heterocycles. The molecule has 1 aromatic heterocycles. The second kappa shape index (κ2) is 6.38. The standard InChI is InChI=1S/C14H16ClN3O/c1-3-10-6-5-7-11(8-10)19-13-12(15)9-17-14(18-13)16-4-2/h5-9H,3-4H2,1-2H3,(H,16,17,18). The Labute approximate surface area is 117 Å². The van der Waals surface area contributed by atoms with Crippen molar-refractivity contribution in [2.75, 3.05) is 11.9 Å². The average molecular weight is 278 g/mol. The molecule has 0 saturated carbocycles. The van der Waals surface area contributed by atoms with Crippen molar-refractivity contribution in [2.24, 2.45) is 0 Å². The van der Waals surface area contributed by atoms with Crippen molar-refractivity contribution in [3.05, 3.63) is 41.0 Å². The van der Waals surface area contributed by atoms with Crippen LogP contribution >= 0.6 is 11.6 Å². The Balaban J connectivity index is 2.23. The number of benzene rings is 1. The highest BCUT2D eigenvalue weighted by atomic mass is 35.5. The van der Waals surface area contributed by atoms with Crippen molar-refractivity contribution >= 4 is 17.5 Å². The van der Waals surface area contributed by atoms with Crippen molar-refractivity contribution in [1.82, 2.24) is 9.97 Å². The van der Waals surface area contributed by atoms with Gasteiger partial charge in [0.2, 0.25) is 11.8 Å². The van der Waals surface area contributed by atoms with Crippen LogP contribution in [0.2, 0.25) is 5.02 Å². The first-order valence-electron chi connectivity index (χ1n) is 6.26. The molecule has 1 aromatic carbocycles. The molecule has 0 aliphatic carbocycles. The van der Waals surface area contributed by atoms with Gasteiger partial charge in [0.25, 0.3) is 0 Å². The number of ether oxygens (including phenoxy) is 1. The molecule has 2 aromatic rings. The van der Waals surface area contributed by atoms with Crippen molar-refractivity contribution in [3.63, 3.8) is 0 Å². The van der Waals surface area contributed by atoms with E-state index in [1.165, 1.54) is 11.8 Å². The van der Waals surface area contributed by atoms with Gasteiger partial charge in [0.15, 0.2) is 0 Å². The third-order valence-electron chi connectivity index (χ3n) is 2.57. The van der Waals surface area contributed by atoms with Gasteiger partial charge in [-0.2, -0.15) is 4.98 Å². The van der Waals surface area contributed by atoms with Gasteiger partial charge < -0.3 is 10.1 Å². The lowest BCUT2D eigenvalue weighted by molar-refractivity contribution is 0.462. The second-order valence-electron chi connectivity index (χ2n) is 3.98. The molecule has 0 bridgehead atoms. The van der Waals surface area contributed by atoms with Crippen molar-refractivity contribution < 1.29 is 4.74 Å². The highest BCUT2D eigenvalue weighted by molar-refractivity contribution is 6.31. The van der Waals surface area contributed by atoms with Gasteiger partial charge >= 0.3 is 0 Å². The predicted molar refractivity (Wildman–Crippen MR) is 77.1 cm³/mol. The van der Waals surface area contributed by atoms with E-state index >= 15 is 0 Å². The van der Waals surface area contributed by atoms with Crippen molar-refractivity contribution in [1.29, 1.82) is 0 Å². The van der Waals surface area contributed by atoms with E-state index in [1.807, 2.05) is 25.1 Å². The van der Waals surface area contributed by atoms with E-state index in [0.717, 1.165) is 18.7 Å². The third-order valence-corrected chi connectivity index (χ3v) is 2.83. The fraction of sp³-hybridized carbons (Fsp3) is 0.286. The Morgan fingerprint density at radius 1 is 1.32 bits per heavy atom. The Bertz CT molecular complexity index is 560. The molecular weight excluding hydrogens is 262 g/mol. The first-order chi connectivity index (χ1) is 9.22. The molecule has 1 N–H and O–H groups in total. The summed E-state index contributed by atoms with van der Waals surface area (Å²) in [7, 11) is 0. The third kappa shape index (κ3) is 3.58. The van der Waals surface area contributed by atoms with E-state index in [0.29, 0.717) is 16.9 Å². The molecule has 1 heterocycles. The zero-order valence-corrected chi connectivity index (χ0v) is 11.7. The van der Waals surface area contributed by atoms with E-state index < -0.39 is 0 Å². The molecule has 0 aliphatic heterocycles. The monoisotopic (exact) mass is 277 g/mol. The van der Waals surface area contributed by atoms with E-state index in [9.17, 15) is 0 Å². The summed E-state index contributed by atoms with van der Waals surface area (Å²) in [5, 5.41) is 3.41. The zero-order valence-electron chi connectivity index (χ0n) is 11.0. The number of aryl methyl sites for hydroxylation is 1. The Kier molecular flexibility index (Phi) is 4.58. The quantitative estimate of drug-likeness (QED) is 0.900. The normalized spacial score (nSPS) is 10.3. The Hall–Kier alpha value is -1.81. The van der Waals surface area contributed by atoms with E-state index in [-0.39, 0.29) is 0 Å². The van der Waals surface area contributed by atoms with E-state index in [4.69, 9.17) is 16.3 Å². The van der Waals surface area contributed by atoms with Crippen LogP contribution in [0.25, 0.3) is 0 Å². The summed E-state index contributed by atoms with van der Waals surface area (Å²) in [5.41, 5.74) is 1.20. The lowest BCUT2D eigenvalue weighted by Crippen LogP contribution is -2.03. The number of hydrogen-bond donors (Lipinski definition) is 1. The van der Waals surface area contributed by atoms with Crippen LogP contribution in [-0.2, 0) is 6.42 Å². The van der Waals surface area contributed by atoms with Crippen molar-refractivity contribution in [2.45, 2.75) is 20.3 Å². The summed E-state index contributed by atoms with van der Waals surface area (Å²) in [5.74, 6) is 1.59. The Morgan fingerprint density at radius 2 is 2.16 bits per heavy atom. The summed E-state index contributed by atoms with van der Waals surface area (Å²) < 4.78 is 5.72. The molecule has 4 nitrogen and oxygen atoms in total. The van der Waals surface area contributed by atoms with Crippen molar-refractivity contribution in [3.8, 4) is 11.6 Å². The van der Waals surface area contributed by atoms with E-state index in [1.54, 1.807) is 0 Å². The lowest BCUT2D eigenvalue weighted by atomic mass is 10.2. The van der Waals surface area contributed by atoms with Gasteiger partial charge in [0.1, 0.15) is 10.8 Å².